The summed E-state index contributed by atoms with van der Waals surface area (Å²) < 4.78 is 46.3. The fraction of sp³-hybridized carbons (Fsp3) is 0.536. The molecule has 2 rings (SSSR count). The number of ether oxygens (including phenoxy) is 1. The fourth-order valence-electron chi connectivity index (χ4n) is 4.11. The van der Waals surface area contributed by atoms with Crippen LogP contribution in [0.5, 0.6) is 5.75 Å². The molecule has 0 heterocycles. The SMILES string of the molecule is CCCN(CCC)S(=O)(=O)CCC(=O)N[C@@H](Cc1ccc(C)c(F)c1)[C@@H](O)CNCc1cccc(OC)c1. The van der Waals surface area contributed by atoms with Gasteiger partial charge in [0.15, 0.2) is 0 Å². The van der Waals surface area contributed by atoms with E-state index < -0.39 is 28.1 Å². The average Bonchev–Trinajstić information content (AvgIpc) is 2.89. The third kappa shape index (κ3) is 10.3. The Morgan fingerprint density at radius 1 is 1.11 bits per heavy atom. The monoisotopic (exact) mass is 551 g/mol. The minimum atomic E-state index is -3.58. The predicted octanol–water partition coefficient (Wildman–Crippen LogP) is 3.16. The number of sulfonamides is 1. The van der Waals surface area contributed by atoms with Crippen molar-refractivity contribution in [3.63, 3.8) is 0 Å². The quantitative estimate of drug-likeness (QED) is 0.279. The molecule has 38 heavy (non-hydrogen) atoms. The van der Waals surface area contributed by atoms with Crippen molar-refractivity contribution in [1.29, 1.82) is 0 Å². The molecule has 0 spiro atoms. The van der Waals surface area contributed by atoms with Gasteiger partial charge in [0.1, 0.15) is 11.6 Å². The summed E-state index contributed by atoms with van der Waals surface area (Å²) in [5, 5.41) is 16.9. The first-order valence-electron chi connectivity index (χ1n) is 13.1. The predicted molar refractivity (Wildman–Crippen MR) is 148 cm³/mol. The highest BCUT2D eigenvalue weighted by atomic mass is 32.2. The smallest absolute Gasteiger partial charge is 0.221 e. The van der Waals surface area contributed by atoms with E-state index >= 15 is 0 Å². The van der Waals surface area contributed by atoms with Crippen LogP contribution in [0.25, 0.3) is 0 Å². The van der Waals surface area contributed by atoms with Gasteiger partial charge in [0.25, 0.3) is 0 Å². The summed E-state index contributed by atoms with van der Waals surface area (Å²) in [6.45, 7) is 6.94. The van der Waals surface area contributed by atoms with Crippen molar-refractivity contribution in [2.24, 2.45) is 0 Å². The van der Waals surface area contributed by atoms with E-state index in [0.717, 1.165) is 11.3 Å². The molecule has 0 bridgehead atoms. The third-order valence-electron chi connectivity index (χ3n) is 6.25. The lowest BCUT2D eigenvalue weighted by molar-refractivity contribution is -0.122. The normalized spacial score (nSPS) is 13.3. The minimum absolute atomic E-state index is 0.162. The molecular weight excluding hydrogens is 509 g/mol. The maximum Gasteiger partial charge on any atom is 0.221 e. The number of rotatable bonds is 17. The Labute approximate surface area is 226 Å². The van der Waals surface area contributed by atoms with E-state index in [-0.39, 0.29) is 31.0 Å². The minimum Gasteiger partial charge on any atom is -0.497 e. The van der Waals surface area contributed by atoms with Gasteiger partial charge in [0.2, 0.25) is 15.9 Å². The summed E-state index contributed by atoms with van der Waals surface area (Å²) in [4.78, 5) is 12.8. The summed E-state index contributed by atoms with van der Waals surface area (Å²) in [6, 6.07) is 11.6. The Bertz CT molecular complexity index is 1120. The zero-order valence-corrected chi connectivity index (χ0v) is 23.7. The van der Waals surface area contributed by atoms with E-state index in [1.807, 2.05) is 38.1 Å². The molecule has 0 aliphatic carbocycles. The Morgan fingerprint density at radius 2 is 1.82 bits per heavy atom. The van der Waals surface area contributed by atoms with Crippen LogP contribution in [0.1, 0.15) is 49.8 Å². The van der Waals surface area contributed by atoms with E-state index in [0.29, 0.717) is 43.6 Å². The second-order valence-corrected chi connectivity index (χ2v) is 11.6. The molecule has 8 nitrogen and oxygen atoms in total. The molecule has 2 atom stereocenters. The van der Waals surface area contributed by atoms with Crippen molar-refractivity contribution in [2.45, 2.75) is 65.1 Å². The number of hydrogen-bond donors (Lipinski definition) is 3. The summed E-state index contributed by atoms with van der Waals surface area (Å²) in [7, 11) is -1.99. The van der Waals surface area contributed by atoms with Gasteiger partial charge in [0.05, 0.1) is 25.0 Å². The number of aliphatic hydroxyl groups is 1. The molecule has 0 aliphatic heterocycles. The van der Waals surface area contributed by atoms with Crippen molar-refractivity contribution in [1.82, 2.24) is 14.9 Å². The fourth-order valence-corrected chi connectivity index (χ4v) is 5.73. The molecular formula is C28H42FN3O5S. The van der Waals surface area contributed by atoms with Crippen LogP contribution < -0.4 is 15.4 Å². The maximum absolute atomic E-state index is 14.2. The summed E-state index contributed by atoms with van der Waals surface area (Å²) in [5.41, 5.74) is 2.09. The number of nitrogens with one attached hydrogen (secondary N) is 2. The van der Waals surface area contributed by atoms with Crippen LogP contribution >= 0.6 is 0 Å². The highest BCUT2D eigenvalue weighted by Gasteiger charge is 2.25. The third-order valence-corrected chi connectivity index (χ3v) is 8.12. The van der Waals surface area contributed by atoms with Crippen LogP contribution in [0.4, 0.5) is 4.39 Å². The standard InChI is InChI=1S/C28H42FN3O5S/c1-5-13-32(14-6-2)38(35,36)15-12-28(34)31-26(18-22-11-10-21(3)25(29)17-22)27(33)20-30-19-23-8-7-9-24(16-23)37-4/h7-11,16-17,26-27,30,33H,5-6,12-15,18-20H2,1-4H3,(H,31,34)/t26-,27-/m0/s1. The average molecular weight is 552 g/mol. The lowest BCUT2D eigenvalue weighted by Crippen LogP contribution is -2.49. The first-order chi connectivity index (χ1) is 18.1. The van der Waals surface area contributed by atoms with Gasteiger partial charge in [-0.05, 0) is 61.1 Å². The van der Waals surface area contributed by atoms with Gasteiger partial charge in [-0.3, -0.25) is 4.79 Å². The van der Waals surface area contributed by atoms with Crippen molar-refractivity contribution >= 4 is 15.9 Å². The maximum atomic E-state index is 14.2. The molecule has 0 aliphatic rings. The summed E-state index contributed by atoms with van der Waals surface area (Å²) in [6.07, 6.45) is 0.345. The largest absolute Gasteiger partial charge is 0.497 e. The van der Waals surface area contributed by atoms with Crippen molar-refractivity contribution < 1.29 is 27.4 Å². The number of aryl methyl sites for hydroxylation is 1. The van der Waals surface area contributed by atoms with Gasteiger partial charge >= 0.3 is 0 Å². The molecule has 212 valence electrons. The number of halogens is 1. The van der Waals surface area contributed by atoms with Gasteiger partial charge in [-0.25, -0.2) is 17.1 Å². The number of nitrogens with zero attached hydrogens (tertiary/aromatic N) is 1. The van der Waals surface area contributed by atoms with Crippen LogP contribution in [-0.2, 0) is 27.8 Å². The van der Waals surface area contributed by atoms with Gasteiger partial charge in [-0.1, -0.05) is 38.1 Å². The lowest BCUT2D eigenvalue weighted by Gasteiger charge is -2.25. The van der Waals surface area contributed by atoms with Gasteiger partial charge in [0, 0.05) is 32.6 Å². The number of aliphatic hydroxyl groups excluding tert-OH is 1. The van der Waals surface area contributed by atoms with Crippen molar-refractivity contribution in [3.8, 4) is 5.75 Å². The number of methoxy groups -OCH3 is 1. The lowest BCUT2D eigenvalue weighted by atomic mass is 9.99. The van der Waals surface area contributed by atoms with Gasteiger partial charge in [-0.2, -0.15) is 0 Å². The molecule has 3 N–H and O–H groups in total. The van der Waals surface area contributed by atoms with E-state index in [2.05, 4.69) is 10.6 Å². The Morgan fingerprint density at radius 3 is 2.45 bits per heavy atom. The van der Waals surface area contributed by atoms with E-state index in [1.54, 1.807) is 26.2 Å². The number of carbonyl (C=O) groups excluding carboxylic acids is 1. The van der Waals surface area contributed by atoms with Crippen LogP contribution in [0, 0.1) is 12.7 Å². The zero-order valence-electron chi connectivity index (χ0n) is 22.9. The molecule has 2 aromatic carbocycles. The molecule has 0 saturated heterocycles. The number of benzene rings is 2. The van der Waals surface area contributed by atoms with E-state index in [9.17, 15) is 22.7 Å². The molecule has 0 fully saturated rings. The highest BCUT2D eigenvalue weighted by Crippen LogP contribution is 2.14. The van der Waals surface area contributed by atoms with Gasteiger partial charge < -0.3 is 20.5 Å². The zero-order chi connectivity index (χ0) is 28.1. The van der Waals surface area contributed by atoms with Gasteiger partial charge in [-0.15, -0.1) is 0 Å². The highest BCUT2D eigenvalue weighted by molar-refractivity contribution is 7.89. The van der Waals surface area contributed by atoms with Crippen molar-refractivity contribution in [2.75, 3.05) is 32.5 Å². The second-order valence-electron chi connectivity index (χ2n) is 9.48. The Kier molecular flexibility index (Phi) is 13.2. The first-order valence-corrected chi connectivity index (χ1v) is 14.7. The van der Waals surface area contributed by atoms with Crippen LogP contribution in [0.3, 0.4) is 0 Å². The summed E-state index contributed by atoms with van der Waals surface area (Å²) in [5.74, 6) is -0.431. The topological polar surface area (TPSA) is 108 Å². The molecule has 0 unspecified atom stereocenters. The Balaban J connectivity index is 2.06. The van der Waals surface area contributed by atoms with Crippen LogP contribution in [0.2, 0.25) is 0 Å². The number of hydrogen-bond acceptors (Lipinski definition) is 6. The first kappa shape index (κ1) is 31.7. The van der Waals surface area contributed by atoms with Crippen LogP contribution in [0.15, 0.2) is 42.5 Å². The van der Waals surface area contributed by atoms with E-state index in [1.165, 1.54) is 10.4 Å². The molecule has 10 heteroatoms. The van der Waals surface area contributed by atoms with Crippen molar-refractivity contribution in [3.05, 3.63) is 65.0 Å². The number of amides is 1. The van der Waals surface area contributed by atoms with Crippen LogP contribution in [-0.4, -0.2) is 68.4 Å². The van der Waals surface area contributed by atoms with E-state index in [4.69, 9.17) is 4.74 Å². The second kappa shape index (κ2) is 15.8. The molecule has 0 aromatic heterocycles. The molecule has 1 amide bonds. The molecule has 0 radical (unpaired) electrons. The Hall–Kier alpha value is -2.53. The molecule has 2 aromatic rings. The summed E-state index contributed by atoms with van der Waals surface area (Å²) >= 11 is 0. The molecule has 0 saturated carbocycles. The number of carbonyl (C=O) groups is 1.